The highest BCUT2D eigenvalue weighted by atomic mass is 15.3. The molecule has 1 unspecified atom stereocenters. The molecule has 6 nitrogen and oxygen atoms in total. The van der Waals surface area contributed by atoms with Gasteiger partial charge < -0.3 is 10.6 Å². The maximum absolute atomic E-state index is 7.32. The summed E-state index contributed by atoms with van der Waals surface area (Å²) in [5, 5.41) is 15.7. The van der Waals surface area contributed by atoms with Crippen molar-refractivity contribution in [1.82, 2.24) is 15.2 Å². The van der Waals surface area contributed by atoms with Gasteiger partial charge in [0.1, 0.15) is 0 Å². The maximum atomic E-state index is 7.32. The molecule has 0 spiro atoms. The minimum absolute atomic E-state index is 0.0847. The first kappa shape index (κ1) is 14.3. The average Bonchev–Trinajstić information content (AvgIpc) is 2.36. The number of nitrogens with zero attached hydrogens (tertiary/aromatic N) is 4. The van der Waals surface area contributed by atoms with E-state index in [-0.39, 0.29) is 11.9 Å². The van der Waals surface area contributed by atoms with E-state index in [1.807, 2.05) is 25.8 Å². The fraction of sp³-hybridized carbons (Fsp3) is 0.667. The van der Waals surface area contributed by atoms with Crippen LogP contribution in [0.5, 0.6) is 0 Å². The Kier molecular flexibility index (Phi) is 5.00. The second kappa shape index (κ2) is 6.28. The Morgan fingerprint density at radius 2 is 1.89 bits per heavy atom. The molecule has 0 fully saturated rings. The summed E-state index contributed by atoms with van der Waals surface area (Å²) in [6, 6.07) is 0.0847. The van der Waals surface area contributed by atoms with Crippen LogP contribution in [0.25, 0.3) is 0 Å². The van der Waals surface area contributed by atoms with Crippen molar-refractivity contribution in [2.45, 2.75) is 46.1 Å². The molecular formula is C12H22N6. The molecule has 0 aromatic carbocycles. The monoisotopic (exact) mass is 250 g/mol. The molecule has 6 heteroatoms. The summed E-state index contributed by atoms with van der Waals surface area (Å²) >= 11 is 0. The lowest BCUT2D eigenvalue weighted by Gasteiger charge is -2.24. The fourth-order valence-corrected chi connectivity index (χ4v) is 1.73. The van der Waals surface area contributed by atoms with Gasteiger partial charge in [-0.1, -0.05) is 13.8 Å². The van der Waals surface area contributed by atoms with E-state index in [0.29, 0.717) is 12.4 Å². The summed E-state index contributed by atoms with van der Waals surface area (Å²) in [6.45, 7) is 6.10. The van der Waals surface area contributed by atoms with Crippen molar-refractivity contribution < 1.29 is 0 Å². The molecule has 0 bridgehead atoms. The van der Waals surface area contributed by atoms with Crippen molar-refractivity contribution in [3.63, 3.8) is 0 Å². The predicted octanol–water partition coefficient (Wildman–Crippen LogP) is 1.15. The van der Waals surface area contributed by atoms with E-state index in [1.54, 1.807) is 0 Å². The fourth-order valence-electron chi connectivity index (χ4n) is 1.73. The molecule has 0 amide bonds. The molecular weight excluding hydrogens is 228 g/mol. The van der Waals surface area contributed by atoms with Crippen molar-refractivity contribution in [3.05, 3.63) is 11.4 Å². The van der Waals surface area contributed by atoms with Gasteiger partial charge in [0.2, 0.25) is 5.95 Å². The van der Waals surface area contributed by atoms with Crippen molar-refractivity contribution in [3.8, 4) is 0 Å². The highest BCUT2D eigenvalue weighted by Gasteiger charge is 2.15. The molecule has 1 aromatic rings. The molecule has 1 heterocycles. The van der Waals surface area contributed by atoms with Crippen LogP contribution >= 0.6 is 0 Å². The van der Waals surface area contributed by atoms with Gasteiger partial charge in [-0.3, -0.25) is 5.41 Å². The number of amidine groups is 1. The van der Waals surface area contributed by atoms with E-state index >= 15 is 0 Å². The highest BCUT2D eigenvalue weighted by Crippen LogP contribution is 2.13. The molecule has 0 radical (unpaired) electrons. The first-order chi connectivity index (χ1) is 8.49. The van der Waals surface area contributed by atoms with Crippen LogP contribution in [0.1, 0.15) is 38.6 Å². The van der Waals surface area contributed by atoms with E-state index < -0.39 is 0 Å². The molecule has 0 saturated carbocycles. The van der Waals surface area contributed by atoms with E-state index in [2.05, 4.69) is 22.1 Å². The van der Waals surface area contributed by atoms with E-state index in [4.69, 9.17) is 11.1 Å². The molecule has 0 saturated heterocycles. The summed E-state index contributed by atoms with van der Waals surface area (Å²) in [6.07, 6.45) is 2.19. The van der Waals surface area contributed by atoms with Crippen LogP contribution in [-0.2, 0) is 12.8 Å². The summed E-state index contributed by atoms with van der Waals surface area (Å²) in [7, 11) is 1.90. The van der Waals surface area contributed by atoms with Gasteiger partial charge in [-0.25, -0.2) is 4.98 Å². The number of hydrogen-bond donors (Lipinski definition) is 2. The van der Waals surface area contributed by atoms with Gasteiger partial charge in [-0.2, -0.15) is 5.10 Å². The quantitative estimate of drug-likeness (QED) is 0.583. The zero-order chi connectivity index (χ0) is 13.7. The van der Waals surface area contributed by atoms with Crippen LogP contribution in [0.4, 0.5) is 5.95 Å². The lowest BCUT2D eigenvalue weighted by Crippen LogP contribution is -2.34. The van der Waals surface area contributed by atoms with E-state index in [9.17, 15) is 0 Å². The first-order valence-corrected chi connectivity index (χ1v) is 6.27. The third-order valence-electron chi connectivity index (χ3n) is 2.99. The van der Waals surface area contributed by atoms with Crippen molar-refractivity contribution >= 4 is 11.8 Å². The maximum Gasteiger partial charge on any atom is 0.245 e. The normalized spacial score (nSPS) is 12.2. The van der Waals surface area contributed by atoms with Crippen LogP contribution < -0.4 is 10.6 Å². The summed E-state index contributed by atoms with van der Waals surface area (Å²) in [5.41, 5.74) is 7.35. The lowest BCUT2D eigenvalue weighted by molar-refractivity contribution is 0.670. The van der Waals surface area contributed by atoms with Gasteiger partial charge in [0.15, 0.2) is 0 Å². The van der Waals surface area contributed by atoms with Gasteiger partial charge in [0.25, 0.3) is 0 Å². The number of aryl methyl sites for hydroxylation is 2. The smallest absolute Gasteiger partial charge is 0.245 e. The Morgan fingerprint density at radius 3 is 2.39 bits per heavy atom. The summed E-state index contributed by atoms with van der Waals surface area (Å²) < 4.78 is 0. The number of anilines is 1. The van der Waals surface area contributed by atoms with Crippen molar-refractivity contribution in [2.75, 3.05) is 11.9 Å². The molecule has 0 aliphatic rings. The SMILES string of the molecule is CCc1nnc(N(C)C(C)CC(=N)N)nc1CC. The van der Waals surface area contributed by atoms with Crippen LogP contribution in [0.3, 0.4) is 0 Å². The molecule has 1 atom stereocenters. The number of nitrogens with two attached hydrogens (primary N) is 1. The van der Waals surface area contributed by atoms with E-state index in [1.165, 1.54) is 0 Å². The Morgan fingerprint density at radius 1 is 1.28 bits per heavy atom. The largest absolute Gasteiger partial charge is 0.388 e. The number of nitrogens with one attached hydrogen (secondary N) is 1. The van der Waals surface area contributed by atoms with Crippen molar-refractivity contribution in [1.29, 1.82) is 5.41 Å². The lowest BCUT2D eigenvalue weighted by atomic mass is 10.2. The minimum atomic E-state index is 0.0847. The molecule has 100 valence electrons. The van der Waals surface area contributed by atoms with Crippen molar-refractivity contribution in [2.24, 2.45) is 5.73 Å². The van der Waals surface area contributed by atoms with Gasteiger partial charge in [-0.05, 0) is 19.8 Å². The summed E-state index contributed by atoms with van der Waals surface area (Å²) in [4.78, 5) is 6.44. The molecule has 1 rings (SSSR count). The second-order valence-corrected chi connectivity index (χ2v) is 4.40. The summed E-state index contributed by atoms with van der Waals surface area (Å²) in [5.74, 6) is 0.765. The predicted molar refractivity (Wildman–Crippen MR) is 73.0 cm³/mol. The minimum Gasteiger partial charge on any atom is -0.388 e. The van der Waals surface area contributed by atoms with Gasteiger partial charge in [0.05, 0.1) is 17.2 Å². The second-order valence-electron chi connectivity index (χ2n) is 4.40. The number of aromatic nitrogens is 3. The third-order valence-corrected chi connectivity index (χ3v) is 2.99. The highest BCUT2D eigenvalue weighted by molar-refractivity contribution is 5.77. The molecule has 0 aliphatic heterocycles. The Balaban J connectivity index is 2.92. The third kappa shape index (κ3) is 3.38. The Hall–Kier alpha value is -1.72. The standard InChI is InChI=1S/C12H22N6/c1-5-9-10(6-2)16-17-12(15-9)18(4)8(3)7-11(13)14/h8H,5-7H2,1-4H3,(H3,13,14). The van der Waals surface area contributed by atoms with Crippen LogP contribution in [0.2, 0.25) is 0 Å². The van der Waals surface area contributed by atoms with Gasteiger partial charge in [-0.15, -0.1) is 5.10 Å². The van der Waals surface area contributed by atoms with Crippen LogP contribution in [-0.4, -0.2) is 34.1 Å². The number of hydrogen-bond acceptors (Lipinski definition) is 5. The zero-order valence-corrected chi connectivity index (χ0v) is 11.6. The van der Waals surface area contributed by atoms with Gasteiger partial charge in [0, 0.05) is 19.5 Å². The Labute approximate surface area is 108 Å². The molecule has 1 aromatic heterocycles. The Bertz CT molecular complexity index is 417. The van der Waals surface area contributed by atoms with E-state index in [0.717, 1.165) is 24.2 Å². The average molecular weight is 250 g/mol. The first-order valence-electron chi connectivity index (χ1n) is 6.27. The molecule has 3 N–H and O–H groups in total. The van der Waals surface area contributed by atoms with Crippen LogP contribution in [0.15, 0.2) is 0 Å². The van der Waals surface area contributed by atoms with Crippen LogP contribution in [0, 0.1) is 5.41 Å². The molecule has 18 heavy (non-hydrogen) atoms. The number of rotatable bonds is 6. The zero-order valence-electron chi connectivity index (χ0n) is 11.6. The topological polar surface area (TPSA) is 91.8 Å². The van der Waals surface area contributed by atoms with Gasteiger partial charge >= 0.3 is 0 Å². The molecule has 0 aliphatic carbocycles.